The van der Waals surface area contributed by atoms with Crippen LogP contribution in [0.3, 0.4) is 0 Å². The van der Waals surface area contributed by atoms with Gasteiger partial charge in [-0.15, -0.1) is 0 Å². The molecule has 0 amide bonds. The first-order valence-electron chi connectivity index (χ1n) is 7.62. The van der Waals surface area contributed by atoms with Crippen LogP contribution >= 0.6 is 0 Å². The monoisotopic (exact) mass is 257 g/mol. The molecule has 0 aliphatic heterocycles. The Morgan fingerprint density at radius 1 is 1.00 bits per heavy atom. The number of carboxylic acid groups (broad SMARTS) is 1. The fourth-order valence-corrected chi connectivity index (χ4v) is 2.39. The van der Waals surface area contributed by atoms with Crippen molar-refractivity contribution in [3.63, 3.8) is 0 Å². The van der Waals surface area contributed by atoms with Gasteiger partial charge in [-0.05, 0) is 31.7 Å². The summed E-state index contributed by atoms with van der Waals surface area (Å²) >= 11 is 0. The van der Waals surface area contributed by atoms with Crippen LogP contribution < -0.4 is 5.73 Å². The van der Waals surface area contributed by atoms with E-state index in [1.54, 1.807) is 0 Å². The van der Waals surface area contributed by atoms with Crippen molar-refractivity contribution in [2.24, 2.45) is 11.7 Å². The van der Waals surface area contributed by atoms with Gasteiger partial charge in [0.1, 0.15) is 0 Å². The minimum absolute atomic E-state index is 0.315. The Hall–Kier alpha value is -0.570. The molecule has 0 bridgehead atoms. The number of rotatable bonds is 13. The summed E-state index contributed by atoms with van der Waals surface area (Å²) in [7, 11) is 0. The quantitative estimate of drug-likeness (QED) is 0.491. The van der Waals surface area contributed by atoms with E-state index in [1.807, 2.05) is 0 Å². The van der Waals surface area contributed by atoms with Crippen molar-refractivity contribution in [3.05, 3.63) is 0 Å². The number of aliphatic carboxylic acids is 1. The van der Waals surface area contributed by atoms with Gasteiger partial charge in [-0.2, -0.15) is 0 Å². The fourth-order valence-electron chi connectivity index (χ4n) is 2.39. The second-order valence-electron chi connectivity index (χ2n) is 5.30. The Bertz CT molecular complexity index is 195. The van der Waals surface area contributed by atoms with E-state index in [-0.39, 0.29) is 0 Å². The Labute approximate surface area is 112 Å². The molecule has 0 aliphatic rings. The summed E-state index contributed by atoms with van der Waals surface area (Å²) in [4.78, 5) is 10.7. The number of carboxylic acids is 1. The van der Waals surface area contributed by atoms with E-state index in [0.29, 0.717) is 18.9 Å². The van der Waals surface area contributed by atoms with Crippen LogP contribution in [0.25, 0.3) is 0 Å². The summed E-state index contributed by atoms with van der Waals surface area (Å²) in [6.45, 7) is 2.90. The predicted octanol–water partition coefficient (Wildman–Crippen LogP) is 3.96. The van der Waals surface area contributed by atoms with Crippen molar-refractivity contribution in [2.75, 3.05) is 6.54 Å². The Morgan fingerprint density at radius 3 is 2.11 bits per heavy atom. The van der Waals surface area contributed by atoms with E-state index in [2.05, 4.69) is 6.92 Å². The standard InChI is InChI=1S/C15H31NO2/c1-2-3-4-5-6-7-8-10-14(11-9-12-16)13-15(17)18/h14H,2-13,16H2,1H3,(H,17,18). The van der Waals surface area contributed by atoms with Crippen molar-refractivity contribution < 1.29 is 9.90 Å². The molecule has 0 spiro atoms. The molecule has 0 aromatic carbocycles. The lowest BCUT2D eigenvalue weighted by Crippen LogP contribution is -2.10. The third-order valence-electron chi connectivity index (χ3n) is 3.50. The van der Waals surface area contributed by atoms with Gasteiger partial charge in [-0.3, -0.25) is 4.79 Å². The summed E-state index contributed by atoms with van der Waals surface area (Å²) in [6, 6.07) is 0. The maximum Gasteiger partial charge on any atom is 0.303 e. The zero-order valence-electron chi connectivity index (χ0n) is 12.0. The molecule has 0 saturated carbocycles. The molecule has 0 fully saturated rings. The maximum absolute atomic E-state index is 10.7. The van der Waals surface area contributed by atoms with E-state index in [9.17, 15) is 4.79 Å². The van der Waals surface area contributed by atoms with Gasteiger partial charge >= 0.3 is 5.97 Å². The molecule has 0 aliphatic carbocycles. The average molecular weight is 257 g/mol. The van der Waals surface area contributed by atoms with Crippen molar-refractivity contribution in [1.29, 1.82) is 0 Å². The highest BCUT2D eigenvalue weighted by Crippen LogP contribution is 2.20. The van der Waals surface area contributed by atoms with Crippen LogP contribution in [-0.4, -0.2) is 17.6 Å². The van der Waals surface area contributed by atoms with Crippen LogP contribution in [0.1, 0.15) is 77.6 Å². The van der Waals surface area contributed by atoms with E-state index in [4.69, 9.17) is 10.8 Å². The minimum Gasteiger partial charge on any atom is -0.481 e. The summed E-state index contributed by atoms with van der Waals surface area (Å²) in [6.07, 6.45) is 12.3. The highest BCUT2D eigenvalue weighted by Gasteiger charge is 2.12. The molecule has 108 valence electrons. The summed E-state index contributed by atoms with van der Waals surface area (Å²) < 4.78 is 0. The van der Waals surface area contributed by atoms with Gasteiger partial charge in [-0.1, -0.05) is 51.9 Å². The largest absolute Gasteiger partial charge is 0.481 e. The molecule has 0 radical (unpaired) electrons. The topological polar surface area (TPSA) is 63.3 Å². The first kappa shape index (κ1) is 17.4. The zero-order chi connectivity index (χ0) is 13.6. The molecule has 1 atom stereocenters. The molecule has 18 heavy (non-hydrogen) atoms. The normalized spacial score (nSPS) is 12.6. The molecule has 0 aromatic rings. The van der Waals surface area contributed by atoms with Crippen molar-refractivity contribution >= 4 is 5.97 Å². The van der Waals surface area contributed by atoms with Crippen LogP contribution in [0.4, 0.5) is 0 Å². The van der Waals surface area contributed by atoms with Crippen LogP contribution in [0.5, 0.6) is 0 Å². The molecular formula is C15H31NO2. The minimum atomic E-state index is -0.667. The summed E-state index contributed by atoms with van der Waals surface area (Å²) in [5, 5.41) is 8.85. The molecule has 1 unspecified atom stereocenters. The smallest absolute Gasteiger partial charge is 0.303 e. The summed E-state index contributed by atoms with van der Waals surface area (Å²) in [5.74, 6) is -0.332. The van der Waals surface area contributed by atoms with Crippen LogP contribution in [0.15, 0.2) is 0 Å². The molecule has 3 heteroatoms. The lowest BCUT2D eigenvalue weighted by atomic mass is 9.93. The second-order valence-corrected chi connectivity index (χ2v) is 5.30. The fraction of sp³-hybridized carbons (Fsp3) is 0.933. The van der Waals surface area contributed by atoms with Gasteiger partial charge in [0.2, 0.25) is 0 Å². The second kappa shape index (κ2) is 12.9. The highest BCUT2D eigenvalue weighted by molar-refractivity contribution is 5.66. The summed E-state index contributed by atoms with van der Waals surface area (Å²) in [5.41, 5.74) is 5.48. The first-order chi connectivity index (χ1) is 8.70. The van der Waals surface area contributed by atoms with Gasteiger partial charge in [0.15, 0.2) is 0 Å². The maximum atomic E-state index is 10.7. The van der Waals surface area contributed by atoms with Gasteiger partial charge < -0.3 is 10.8 Å². The van der Waals surface area contributed by atoms with Crippen LogP contribution in [0, 0.1) is 5.92 Å². The molecule has 3 N–H and O–H groups in total. The van der Waals surface area contributed by atoms with E-state index < -0.39 is 5.97 Å². The van der Waals surface area contributed by atoms with Crippen LogP contribution in [-0.2, 0) is 4.79 Å². The van der Waals surface area contributed by atoms with E-state index in [1.165, 1.54) is 44.9 Å². The molecule has 0 aromatic heterocycles. The van der Waals surface area contributed by atoms with Gasteiger partial charge in [0.25, 0.3) is 0 Å². The van der Waals surface area contributed by atoms with E-state index in [0.717, 1.165) is 19.3 Å². The lowest BCUT2D eigenvalue weighted by molar-refractivity contribution is -0.138. The predicted molar refractivity (Wildman–Crippen MR) is 76.6 cm³/mol. The van der Waals surface area contributed by atoms with Crippen molar-refractivity contribution in [2.45, 2.75) is 77.6 Å². The molecular weight excluding hydrogens is 226 g/mol. The molecule has 0 saturated heterocycles. The SMILES string of the molecule is CCCCCCCCCC(CCCN)CC(=O)O. The van der Waals surface area contributed by atoms with Crippen molar-refractivity contribution in [1.82, 2.24) is 0 Å². The zero-order valence-corrected chi connectivity index (χ0v) is 12.0. The third kappa shape index (κ3) is 11.9. The number of unbranched alkanes of at least 4 members (excludes halogenated alkanes) is 6. The Balaban J connectivity index is 3.52. The van der Waals surface area contributed by atoms with Crippen molar-refractivity contribution in [3.8, 4) is 0 Å². The van der Waals surface area contributed by atoms with Gasteiger partial charge in [0.05, 0.1) is 0 Å². The van der Waals surface area contributed by atoms with Gasteiger partial charge in [0, 0.05) is 6.42 Å². The highest BCUT2D eigenvalue weighted by atomic mass is 16.4. The first-order valence-corrected chi connectivity index (χ1v) is 7.62. The number of hydrogen-bond acceptors (Lipinski definition) is 2. The lowest BCUT2D eigenvalue weighted by Gasteiger charge is -2.14. The molecule has 0 rings (SSSR count). The van der Waals surface area contributed by atoms with E-state index >= 15 is 0 Å². The Morgan fingerprint density at radius 2 is 1.56 bits per heavy atom. The third-order valence-corrected chi connectivity index (χ3v) is 3.50. The molecule has 3 nitrogen and oxygen atoms in total. The number of hydrogen-bond donors (Lipinski definition) is 2. The number of carbonyl (C=O) groups is 1. The number of nitrogens with two attached hydrogens (primary N) is 1. The molecule has 0 heterocycles. The Kier molecular flexibility index (Phi) is 12.5. The van der Waals surface area contributed by atoms with Gasteiger partial charge in [-0.25, -0.2) is 0 Å². The average Bonchev–Trinajstić information content (AvgIpc) is 2.34. The van der Waals surface area contributed by atoms with Crippen LogP contribution in [0.2, 0.25) is 0 Å².